The third-order valence-electron chi connectivity index (χ3n) is 3.83. The lowest BCUT2D eigenvalue weighted by molar-refractivity contribution is 0.701. The van der Waals surface area contributed by atoms with Crippen LogP contribution in [0.1, 0.15) is 35.7 Å². The number of benzene rings is 1. The first-order valence-electron chi connectivity index (χ1n) is 7.08. The first-order chi connectivity index (χ1) is 9.63. The van der Waals surface area contributed by atoms with Crippen LogP contribution in [0, 0.1) is 13.8 Å². The second kappa shape index (κ2) is 5.12. The molecule has 0 radical (unpaired) electrons. The molecule has 0 spiro atoms. The molecule has 1 aromatic heterocycles. The highest BCUT2D eigenvalue weighted by molar-refractivity contribution is 5.44. The van der Waals surface area contributed by atoms with Gasteiger partial charge in [-0.05, 0) is 32.3 Å². The molecule has 104 valence electrons. The monoisotopic (exact) mass is 268 g/mol. The van der Waals surface area contributed by atoms with Crippen molar-refractivity contribution in [1.82, 2.24) is 9.97 Å². The zero-order chi connectivity index (χ0) is 14.1. The van der Waals surface area contributed by atoms with E-state index in [2.05, 4.69) is 46.1 Å². The van der Waals surface area contributed by atoms with Crippen LogP contribution in [0.3, 0.4) is 0 Å². The molecule has 3 rings (SSSR count). The van der Waals surface area contributed by atoms with Gasteiger partial charge in [-0.1, -0.05) is 29.8 Å². The Kier molecular flexibility index (Phi) is 3.30. The molecule has 20 heavy (non-hydrogen) atoms. The van der Waals surface area contributed by atoms with Crippen molar-refractivity contribution in [3.8, 4) is 0 Å². The topological polar surface area (TPSA) is 55.0 Å². The number of rotatable bonds is 2. The highest BCUT2D eigenvalue weighted by Crippen LogP contribution is 2.34. The molecule has 1 aliphatic rings. The van der Waals surface area contributed by atoms with Gasteiger partial charge in [-0.2, -0.15) is 4.98 Å². The molecule has 0 bridgehead atoms. The van der Waals surface area contributed by atoms with Crippen LogP contribution in [0.25, 0.3) is 0 Å². The summed E-state index contributed by atoms with van der Waals surface area (Å²) in [5.41, 5.74) is 9.39. The maximum atomic E-state index is 5.85. The van der Waals surface area contributed by atoms with E-state index in [1.54, 1.807) is 6.07 Å². The van der Waals surface area contributed by atoms with Crippen LogP contribution in [0.5, 0.6) is 0 Å². The van der Waals surface area contributed by atoms with E-state index in [-0.39, 0.29) is 0 Å². The maximum absolute atomic E-state index is 5.85. The predicted molar refractivity (Wildman–Crippen MR) is 81.7 cm³/mol. The van der Waals surface area contributed by atoms with Crippen molar-refractivity contribution in [2.24, 2.45) is 0 Å². The third-order valence-corrected chi connectivity index (χ3v) is 3.83. The fourth-order valence-corrected chi connectivity index (χ4v) is 2.85. The Labute approximate surface area is 119 Å². The van der Waals surface area contributed by atoms with Crippen molar-refractivity contribution >= 4 is 11.8 Å². The molecule has 2 aromatic rings. The van der Waals surface area contributed by atoms with E-state index < -0.39 is 0 Å². The van der Waals surface area contributed by atoms with Crippen LogP contribution < -0.4 is 10.6 Å². The average Bonchev–Trinajstić information content (AvgIpc) is 2.87. The number of nitrogens with two attached hydrogens (primary N) is 1. The first-order valence-corrected chi connectivity index (χ1v) is 7.08. The number of anilines is 2. The summed E-state index contributed by atoms with van der Waals surface area (Å²) in [6.07, 6.45) is 2.30. The van der Waals surface area contributed by atoms with Gasteiger partial charge in [0.1, 0.15) is 5.82 Å². The van der Waals surface area contributed by atoms with E-state index in [1.807, 2.05) is 6.92 Å². The van der Waals surface area contributed by atoms with Gasteiger partial charge >= 0.3 is 0 Å². The number of hydrogen-bond donors (Lipinski definition) is 1. The second-order valence-electron chi connectivity index (χ2n) is 5.50. The van der Waals surface area contributed by atoms with Gasteiger partial charge in [-0.15, -0.1) is 0 Å². The Morgan fingerprint density at radius 3 is 2.60 bits per heavy atom. The molecule has 1 aromatic carbocycles. The largest absolute Gasteiger partial charge is 0.384 e. The van der Waals surface area contributed by atoms with Gasteiger partial charge < -0.3 is 10.6 Å². The van der Waals surface area contributed by atoms with Gasteiger partial charge in [0.05, 0.1) is 6.04 Å². The van der Waals surface area contributed by atoms with Gasteiger partial charge in [0.15, 0.2) is 0 Å². The Bertz CT molecular complexity index is 586. The maximum Gasteiger partial charge on any atom is 0.228 e. The molecule has 1 unspecified atom stereocenters. The molecule has 1 atom stereocenters. The Balaban J connectivity index is 1.94. The Hall–Kier alpha value is -2.10. The minimum Gasteiger partial charge on any atom is -0.384 e. The molecule has 1 aliphatic heterocycles. The lowest BCUT2D eigenvalue weighted by atomic mass is 10.0. The number of nitrogen functional groups attached to an aromatic ring is 1. The quantitative estimate of drug-likeness (QED) is 0.909. The lowest BCUT2D eigenvalue weighted by Gasteiger charge is -2.25. The van der Waals surface area contributed by atoms with Crippen LogP contribution in [-0.4, -0.2) is 16.5 Å². The molecule has 4 heteroatoms. The molecule has 4 nitrogen and oxygen atoms in total. The fraction of sp³-hybridized carbons (Fsp3) is 0.375. The highest BCUT2D eigenvalue weighted by atomic mass is 15.3. The van der Waals surface area contributed by atoms with Gasteiger partial charge in [-0.25, -0.2) is 4.98 Å². The summed E-state index contributed by atoms with van der Waals surface area (Å²) >= 11 is 0. The van der Waals surface area contributed by atoms with E-state index in [0.29, 0.717) is 11.9 Å². The molecule has 1 saturated heterocycles. The fourth-order valence-electron chi connectivity index (χ4n) is 2.85. The summed E-state index contributed by atoms with van der Waals surface area (Å²) in [6, 6.07) is 10.9. The van der Waals surface area contributed by atoms with Crippen molar-refractivity contribution in [1.29, 1.82) is 0 Å². The number of nitrogens with zero attached hydrogens (tertiary/aromatic N) is 3. The number of aryl methyl sites for hydroxylation is 2. The smallest absolute Gasteiger partial charge is 0.228 e. The van der Waals surface area contributed by atoms with Crippen molar-refractivity contribution in [2.45, 2.75) is 32.7 Å². The third kappa shape index (κ3) is 2.46. The molecular formula is C16H20N4. The van der Waals surface area contributed by atoms with E-state index in [9.17, 15) is 0 Å². The molecule has 1 fully saturated rings. The SMILES string of the molecule is Cc1ccc(C2CCCN2c2nc(C)cc(N)n2)cc1. The van der Waals surface area contributed by atoms with Crippen LogP contribution in [0.15, 0.2) is 30.3 Å². The van der Waals surface area contributed by atoms with Crippen LogP contribution in [0.4, 0.5) is 11.8 Å². The van der Waals surface area contributed by atoms with Gasteiger partial charge in [0.2, 0.25) is 5.95 Å². The molecule has 0 saturated carbocycles. The van der Waals surface area contributed by atoms with E-state index in [1.165, 1.54) is 11.1 Å². The van der Waals surface area contributed by atoms with Crippen molar-refractivity contribution in [3.63, 3.8) is 0 Å². The molecule has 0 aliphatic carbocycles. The summed E-state index contributed by atoms with van der Waals surface area (Å²) in [5.74, 6) is 1.30. The molecule has 2 N–H and O–H groups in total. The molecule has 2 heterocycles. The van der Waals surface area contributed by atoms with Crippen molar-refractivity contribution < 1.29 is 0 Å². The van der Waals surface area contributed by atoms with Gasteiger partial charge in [-0.3, -0.25) is 0 Å². The summed E-state index contributed by atoms with van der Waals surface area (Å²) in [6.45, 7) is 5.06. The Morgan fingerprint density at radius 1 is 1.15 bits per heavy atom. The normalized spacial score (nSPS) is 18.5. The zero-order valence-corrected chi connectivity index (χ0v) is 12.0. The number of aromatic nitrogens is 2. The standard InChI is InChI=1S/C16H20N4/c1-11-5-7-13(8-6-11)14-4-3-9-20(14)16-18-12(2)10-15(17)19-16/h5-8,10,14H,3-4,9H2,1-2H3,(H2,17,18,19). The minimum absolute atomic E-state index is 0.358. The predicted octanol–water partition coefficient (Wildman–Crippen LogP) is 3.02. The Morgan fingerprint density at radius 2 is 1.90 bits per heavy atom. The zero-order valence-electron chi connectivity index (χ0n) is 12.0. The first kappa shape index (κ1) is 12.9. The summed E-state index contributed by atoms with van der Waals surface area (Å²) in [4.78, 5) is 11.2. The van der Waals surface area contributed by atoms with Crippen molar-refractivity contribution in [2.75, 3.05) is 17.2 Å². The van der Waals surface area contributed by atoms with Gasteiger partial charge in [0, 0.05) is 18.3 Å². The number of hydrogen-bond acceptors (Lipinski definition) is 4. The average molecular weight is 268 g/mol. The highest BCUT2D eigenvalue weighted by Gasteiger charge is 2.28. The van der Waals surface area contributed by atoms with E-state index in [0.717, 1.165) is 31.0 Å². The minimum atomic E-state index is 0.358. The second-order valence-corrected chi connectivity index (χ2v) is 5.50. The van der Waals surface area contributed by atoms with Crippen LogP contribution in [0.2, 0.25) is 0 Å². The summed E-state index contributed by atoms with van der Waals surface area (Å²) in [7, 11) is 0. The van der Waals surface area contributed by atoms with Crippen LogP contribution in [-0.2, 0) is 0 Å². The van der Waals surface area contributed by atoms with E-state index in [4.69, 9.17) is 5.73 Å². The lowest BCUT2D eigenvalue weighted by Crippen LogP contribution is -2.25. The van der Waals surface area contributed by atoms with Crippen molar-refractivity contribution in [3.05, 3.63) is 47.2 Å². The molecule has 0 amide bonds. The molecular weight excluding hydrogens is 248 g/mol. The summed E-state index contributed by atoms with van der Waals surface area (Å²) in [5, 5.41) is 0. The van der Waals surface area contributed by atoms with E-state index >= 15 is 0 Å². The van der Waals surface area contributed by atoms with Gasteiger partial charge in [0.25, 0.3) is 0 Å². The summed E-state index contributed by atoms with van der Waals surface area (Å²) < 4.78 is 0. The van der Waals surface area contributed by atoms with Crippen LogP contribution >= 0.6 is 0 Å².